The minimum Gasteiger partial charge on any atom is -0.368 e. The number of carbonyl (C=O) groups excluding carboxylic acids is 2. The normalized spacial score (nSPS) is 15.1. The molecule has 3 rings (SSSR count). The molecular formula is C23H28ClN3O2. The van der Waals surface area contributed by atoms with Crippen LogP contribution in [0.25, 0.3) is 0 Å². The molecule has 2 amide bonds. The van der Waals surface area contributed by atoms with E-state index in [1.165, 1.54) is 0 Å². The molecule has 29 heavy (non-hydrogen) atoms. The van der Waals surface area contributed by atoms with Gasteiger partial charge >= 0.3 is 0 Å². The summed E-state index contributed by atoms with van der Waals surface area (Å²) in [6.07, 6.45) is 1.68. The Morgan fingerprint density at radius 1 is 1.03 bits per heavy atom. The Kier molecular flexibility index (Phi) is 7.53. The minimum absolute atomic E-state index is 0.0348. The fraction of sp³-hybridized carbons (Fsp3) is 0.391. The molecule has 1 unspecified atom stereocenters. The lowest BCUT2D eigenvalue weighted by molar-refractivity contribution is -0.133. The highest BCUT2D eigenvalue weighted by Crippen LogP contribution is 2.22. The van der Waals surface area contributed by atoms with E-state index in [1.54, 1.807) is 0 Å². The van der Waals surface area contributed by atoms with Crippen molar-refractivity contribution in [3.63, 3.8) is 0 Å². The van der Waals surface area contributed by atoms with Crippen molar-refractivity contribution in [1.82, 2.24) is 10.2 Å². The summed E-state index contributed by atoms with van der Waals surface area (Å²) < 4.78 is 0. The largest absolute Gasteiger partial charge is 0.368 e. The predicted molar refractivity (Wildman–Crippen MR) is 117 cm³/mol. The molecule has 1 heterocycles. The molecule has 1 aliphatic heterocycles. The van der Waals surface area contributed by atoms with E-state index >= 15 is 0 Å². The van der Waals surface area contributed by atoms with Crippen molar-refractivity contribution < 1.29 is 9.59 Å². The van der Waals surface area contributed by atoms with Gasteiger partial charge in [-0.1, -0.05) is 61.3 Å². The molecule has 0 aromatic heterocycles. The van der Waals surface area contributed by atoms with Crippen molar-refractivity contribution in [2.45, 2.75) is 25.7 Å². The van der Waals surface area contributed by atoms with Gasteiger partial charge in [0.25, 0.3) is 0 Å². The highest BCUT2D eigenvalue weighted by atomic mass is 35.5. The van der Waals surface area contributed by atoms with E-state index in [-0.39, 0.29) is 24.3 Å². The maximum absolute atomic E-state index is 12.7. The van der Waals surface area contributed by atoms with Gasteiger partial charge in [0, 0.05) is 36.9 Å². The molecule has 5 nitrogen and oxygen atoms in total. The summed E-state index contributed by atoms with van der Waals surface area (Å²) in [5.41, 5.74) is 2.07. The van der Waals surface area contributed by atoms with Gasteiger partial charge in [0.2, 0.25) is 11.8 Å². The van der Waals surface area contributed by atoms with Crippen LogP contribution in [0.15, 0.2) is 54.6 Å². The first-order valence-electron chi connectivity index (χ1n) is 10.2. The first-order chi connectivity index (χ1) is 14.1. The second-order valence-electron chi connectivity index (χ2n) is 7.32. The number of anilines is 1. The van der Waals surface area contributed by atoms with Crippen LogP contribution in [0.4, 0.5) is 5.69 Å². The summed E-state index contributed by atoms with van der Waals surface area (Å²) in [4.78, 5) is 29.3. The van der Waals surface area contributed by atoms with Crippen molar-refractivity contribution >= 4 is 29.1 Å². The standard InChI is InChI=1S/C23H28ClN3O2/c1-2-7-21(18-8-4-3-5-9-18)23(29)25-17-22(28)27-14-12-26(13-15-27)20-11-6-10-19(24)16-20/h3-6,8-11,16,21H,2,7,12-15,17H2,1H3,(H,25,29). The van der Waals surface area contributed by atoms with Crippen LogP contribution in [0.3, 0.4) is 0 Å². The summed E-state index contributed by atoms with van der Waals surface area (Å²) in [6, 6.07) is 17.5. The highest BCUT2D eigenvalue weighted by molar-refractivity contribution is 6.30. The zero-order valence-corrected chi connectivity index (χ0v) is 17.6. The molecule has 0 saturated carbocycles. The van der Waals surface area contributed by atoms with Crippen LogP contribution in [0.5, 0.6) is 0 Å². The Balaban J connectivity index is 1.50. The molecule has 154 valence electrons. The lowest BCUT2D eigenvalue weighted by Gasteiger charge is -2.36. The molecule has 0 bridgehead atoms. The van der Waals surface area contributed by atoms with Gasteiger partial charge in [0.05, 0.1) is 12.5 Å². The Labute approximate surface area is 177 Å². The zero-order valence-electron chi connectivity index (χ0n) is 16.8. The average Bonchev–Trinajstić information content (AvgIpc) is 2.76. The van der Waals surface area contributed by atoms with Crippen molar-refractivity contribution in [3.05, 3.63) is 65.2 Å². The molecule has 6 heteroatoms. The van der Waals surface area contributed by atoms with Crippen LogP contribution in [0.1, 0.15) is 31.2 Å². The third-order valence-electron chi connectivity index (χ3n) is 5.32. The smallest absolute Gasteiger partial charge is 0.242 e. The van der Waals surface area contributed by atoms with Crippen LogP contribution in [-0.4, -0.2) is 49.4 Å². The molecule has 0 radical (unpaired) electrons. The van der Waals surface area contributed by atoms with E-state index in [0.29, 0.717) is 18.1 Å². The van der Waals surface area contributed by atoms with E-state index < -0.39 is 0 Å². The van der Waals surface area contributed by atoms with Crippen molar-refractivity contribution in [1.29, 1.82) is 0 Å². The number of amides is 2. The summed E-state index contributed by atoms with van der Waals surface area (Å²) >= 11 is 6.07. The monoisotopic (exact) mass is 413 g/mol. The molecule has 1 fully saturated rings. The molecule has 1 atom stereocenters. The van der Waals surface area contributed by atoms with E-state index in [0.717, 1.165) is 37.2 Å². The summed E-state index contributed by atoms with van der Waals surface area (Å²) in [7, 11) is 0. The number of rotatable bonds is 7. The maximum Gasteiger partial charge on any atom is 0.242 e. The van der Waals surface area contributed by atoms with Gasteiger partial charge in [-0.15, -0.1) is 0 Å². The Bertz CT molecular complexity index is 820. The molecule has 0 aliphatic carbocycles. The third-order valence-corrected chi connectivity index (χ3v) is 5.55. The van der Waals surface area contributed by atoms with E-state index in [9.17, 15) is 9.59 Å². The quantitative estimate of drug-likeness (QED) is 0.753. The minimum atomic E-state index is -0.214. The van der Waals surface area contributed by atoms with Gasteiger partial charge in [0.1, 0.15) is 0 Å². The highest BCUT2D eigenvalue weighted by Gasteiger charge is 2.24. The van der Waals surface area contributed by atoms with Crippen LogP contribution in [0.2, 0.25) is 5.02 Å². The van der Waals surface area contributed by atoms with Crippen LogP contribution in [0, 0.1) is 0 Å². The predicted octanol–water partition coefficient (Wildman–Crippen LogP) is 3.69. The van der Waals surface area contributed by atoms with Crippen molar-refractivity contribution in [2.24, 2.45) is 0 Å². The third kappa shape index (κ3) is 5.73. The maximum atomic E-state index is 12.7. The van der Waals surface area contributed by atoms with Crippen molar-refractivity contribution in [2.75, 3.05) is 37.6 Å². The number of nitrogens with zero attached hydrogens (tertiary/aromatic N) is 2. The lowest BCUT2D eigenvalue weighted by Crippen LogP contribution is -2.51. The first-order valence-corrected chi connectivity index (χ1v) is 10.6. The van der Waals surface area contributed by atoms with Crippen LogP contribution in [-0.2, 0) is 9.59 Å². The number of nitrogens with one attached hydrogen (secondary N) is 1. The van der Waals surface area contributed by atoms with Gasteiger partial charge in [-0.2, -0.15) is 0 Å². The summed E-state index contributed by atoms with van der Waals surface area (Å²) in [5.74, 6) is -0.329. The van der Waals surface area contributed by atoms with Gasteiger partial charge in [-0.25, -0.2) is 0 Å². The van der Waals surface area contributed by atoms with Crippen LogP contribution >= 0.6 is 11.6 Å². The topological polar surface area (TPSA) is 52.7 Å². The molecule has 1 aliphatic rings. The number of halogens is 1. The average molecular weight is 414 g/mol. The van der Waals surface area contributed by atoms with Gasteiger partial charge in [-0.05, 0) is 30.2 Å². The first kappa shape index (κ1) is 21.2. The molecule has 2 aromatic rings. The van der Waals surface area contributed by atoms with E-state index in [2.05, 4.69) is 17.1 Å². The molecule has 1 saturated heterocycles. The second kappa shape index (κ2) is 10.3. The fourth-order valence-electron chi connectivity index (χ4n) is 3.71. The number of hydrogen-bond donors (Lipinski definition) is 1. The number of benzene rings is 2. The van der Waals surface area contributed by atoms with E-state index in [1.807, 2.05) is 59.5 Å². The zero-order chi connectivity index (χ0) is 20.6. The van der Waals surface area contributed by atoms with Gasteiger partial charge in [0.15, 0.2) is 0 Å². The number of carbonyl (C=O) groups is 2. The van der Waals surface area contributed by atoms with E-state index in [4.69, 9.17) is 11.6 Å². The molecule has 2 aromatic carbocycles. The SMILES string of the molecule is CCCC(C(=O)NCC(=O)N1CCN(c2cccc(Cl)c2)CC1)c1ccccc1. The summed E-state index contributed by atoms with van der Waals surface area (Å²) in [5, 5.41) is 3.56. The number of hydrogen-bond acceptors (Lipinski definition) is 3. The summed E-state index contributed by atoms with van der Waals surface area (Å²) in [6.45, 7) is 4.89. The fourth-order valence-corrected chi connectivity index (χ4v) is 3.89. The Morgan fingerprint density at radius 2 is 1.76 bits per heavy atom. The Hall–Kier alpha value is -2.53. The second-order valence-corrected chi connectivity index (χ2v) is 7.75. The molecule has 0 spiro atoms. The number of piperazine rings is 1. The Morgan fingerprint density at radius 3 is 2.41 bits per heavy atom. The van der Waals surface area contributed by atoms with Gasteiger partial charge in [-0.3, -0.25) is 9.59 Å². The molecular weight excluding hydrogens is 386 g/mol. The van der Waals surface area contributed by atoms with Gasteiger partial charge < -0.3 is 15.1 Å². The van der Waals surface area contributed by atoms with Crippen molar-refractivity contribution in [3.8, 4) is 0 Å². The molecule has 1 N–H and O–H groups in total. The van der Waals surface area contributed by atoms with Crippen LogP contribution < -0.4 is 10.2 Å². The lowest BCUT2D eigenvalue weighted by atomic mass is 9.93.